The number of nitrogens with one attached hydrogen (secondary N) is 2. The number of nitro benzene ring substituents is 1. The highest BCUT2D eigenvalue weighted by Gasteiger charge is 2.11. The van der Waals surface area contributed by atoms with E-state index in [4.69, 9.17) is 4.74 Å². The lowest BCUT2D eigenvalue weighted by Gasteiger charge is -2.02. The SMILES string of the molecule is COc1ccccc1C=CC=NNC(=O)c1cc(-c2ccc([N+](=O)[O-])cc2)n[nH]1. The second-order valence-corrected chi connectivity index (χ2v) is 5.79. The molecule has 0 saturated carbocycles. The molecule has 29 heavy (non-hydrogen) atoms. The van der Waals surface area contributed by atoms with Crippen molar-refractivity contribution in [1.82, 2.24) is 15.6 Å². The zero-order valence-corrected chi connectivity index (χ0v) is 15.4. The average Bonchev–Trinajstić information content (AvgIpc) is 3.24. The van der Waals surface area contributed by atoms with E-state index in [0.29, 0.717) is 11.3 Å². The molecule has 0 saturated heterocycles. The Labute approximate surface area is 165 Å². The Bertz CT molecular complexity index is 1070. The van der Waals surface area contributed by atoms with Gasteiger partial charge in [0.25, 0.3) is 11.6 Å². The molecule has 0 spiro atoms. The molecular weight excluding hydrogens is 374 g/mol. The van der Waals surface area contributed by atoms with Gasteiger partial charge in [0.05, 0.1) is 17.7 Å². The fraction of sp³-hybridized carbons (Fsp3) is 0.0500. The molecule has 0 unspecified atom stereocenters. The first kappa shape index (κ1) is 19.5. The van der Waals surface area contributed by atoms with Crippen molar-refractivity contribution in [1.29, 1.82) is 0 Å². The molecule has 146 valence electrons. The maximum atomic E-state index is 12.1. The molecule has 1 heterocycles. The number of aromatic nitrogens is 2. The van der Waals surface area contributed by atoms with Gasteiger partial charge in [-0.1, -0.05) is 18.2 Å². The number of aromatic amines is 1. The van der Waals surface area contributed by atoms with Gasteiger partial charge in [0.2, 0.25) is 0 Å². The summed E-state index contributed by atoms with van der Waals surface area (Å²) in [5, 5.41) is 21.2. The van der Waals surface area contributed by atoms with Gasteiger partial charge in [-0.15, -0.1) is 0 Å². The lowest BCUT2D eigenvalue weighted by atomic mass is 10.1. The van der Waals surface area contributed by atoms with Crippen molar-refractivity contribution in [3.8, 4) is 17.0 Å². The molecule has 0 aliphatic carbocycles. The number of non-ortho nitro benzene ring substituents is 1. The van der Waals surface area contributed by atoms with E-state index in [1.54, 1.807) is 31.4 Å². The number of allylic oxidation sites excluding steroid dienone is 1. The number of carbonyl (C=O) groups is 1. The molecule has 3 aromatic rings. The number of rotatable bonds is 7. The fourth-order valence-electron chi connectivity index (χ4n) is 2.49. The minimum absolute atomic E-state index is 0.0160. The van der Waals surface area contributed by atoms with Crippen LogP contribution in [0.5, 0.6) is 5.75 Å². The Morgan fingerprint density at radius 1 is 1.24 bits per heavy atom. The van der Waals surface area contributed by atoms with Crippen LogP contribution < -0.4 is 10.2 Å². The highest BCUT2D eigenvalue weighted by molar-refractivity contribution is 5.94. The van der Waals surface area contributed by atoms with Gasteiger partial charge in [0.1, 0.15) is 11.4 Å². The smallest absolute Gasteiger partial charge is 0.289 e. The molecule has 9 nitrogen and oxygen atoms in total. The van der Waals surface area contributed by atoms with E-state index >= 15 is 0 Å². The normalized spacial score (nSPS) is 11.1. The predicted octanol–water partition coefficient (Wildman–Crippen LogP) is 3.42. The number of H-pyrrole nitrogens is 1. The van der Waals surface area contributed by atoms with Crippen LogP contribution in [0.1, 0.15) is 16.1 Å². The quantitative estimate of drug-likeness (QED) is 0.363. The van der Waals surface area contributed by atoms with Crippen molar-refractivity contribution < 1.29 is 14.5 Å². The molecule has 0 aliphatic rings. The summed E-state index contributed by atoms with van der Waals surface area (Å²) in [7, 11) is 1.59. The molecule has 3 rings (SSSR count). The molecule has 0 atom stereocenters. The van der Waals surface area contributed by atoms with E-state index in [1.807, 2.05) is 24.3 Å². The third-order valence-corrected chi connectivity index (χ3v) is 3.94. The predicted molar refractivity (Wildman–Crippen MR) is 109 cm³/mol. The summed E-state index contributed by atoms with van der Waals surface area (Å²) in [6.07, 6.45) is 4.92. The van der Waals surface area contributed by atoms with Crippen LogP contribution in [0.3, 0.4) is 0 Å². The van der Waals surface area contributed by atoms with Crippen LogP contribution in [0.2, 0.25) is 0 Å². The average molecular weight is 391 g/mol. The highest BCUT2D eigenvalue weighted by Crippen LogP contribution is 2.21. The minimum atomic E-state index is -0.479. The molecule has 0 bridgehead atoms. The van der Waals surface area contributed by atoms with Gasteiger partial charge in [0, 0.05) is 29.5 Å². The van der Waals surface area contributed by atoms with E-state index in [1.165, 1.54) is 24.4 Å². The number of nitro groups is 1. The zero-order valence-electron chi connectivity index (χ0n) is 15.4. The lowest BCUT2D eigenvalue weighted by molar-refractivity contribution is -0.384. The molecule has 2 N–H and O–H groups in total. The van der Waals surface area contributed by atoms with E-state index in [9.17, 15) is 14.9 Å². The van der Waals surface area contributed by atoms with E-state index in [-0.39, 0.29) is 11.4 Å². The van der Waals surface area contributed by atoms with Crippen LogP contribution in [0, 0.1) is 10.1 Å². The van der Waals surface area contributed by atoms with Gasteiger partial charge in [-0.2, -0.15) is 10.2 Å². The highest BCUT2D eigenvalue weighted by atomic mass is 16.6. The number of nitrogens with zero attached hydrogens (tertiary/aromatic N) is 3. The van der Waals surface area contributed by atoms with E-state index in [0.717, 1.165) is 11.3 Å². The third-order valence-electron chi connectivity index (χ3n) is 3.94. The number of carbonyl (C=O) groups excluding carboxylic acids is 1. The van der Waals surface area contributed by atoms with Gasteiger partial charge in [-0.25, -0.2) is 5.43 Å². The minimum Gasteiger partial charge on any atom is -0.496 e. The number of hydrogen-bond donors (Lipinski definition) is 2. The Kier molecular flexibility index (Phi) is 6.11. The molecule has 9 heteroatoms. The van der Waals surface area contributed by atoms with Crippen molar-refractivity contribution in [3.05, 3.63) is 82.0 Å². The van der Waals surface area contributed by atoms with Crippen LogP contribution in [-0.2, 0) is 0 Å². The fourth-order valence-corrected chi connectivity index (χ4v) is 2.49. The Hall–Kier alpha value is -4.27. The number of ether oxygens (including phenoxy) is 1. The van der Waals surface area contributed by atoms with Gasteiger partial charge in [-0.3, -0.25) is 20.0 Å². The third kappa shape index (κ3) is 4.92. The van der Waals surface area contributed by atoms with Crippen LogP contribution in [-0.4, -0.2) is 34.4 Å². The number of hydrogen-bond acceptors (Lipinski definition) is 6. The topological polar surface area (TPSA) is 123 Å². The van der Waals surface area contributed by atoms with Crippen LogP contribution in [0.4, 0.5) is 5.69 Å². The zero-order chi connectivity index (χ0) is 20.6. The largest absolute Gasteiger partial charge is 0.496 e. The Morgan fingerprint density at radius 3 is 2.72 bits per heavy atom. The summed E-state index contributed by atoms with van der Waals surface area (Å²) in [6.45, 7) is 0. The summed E-state index contributed by atoms with van der Waals surface area (Å²) in [5.74, 6) is 0.269. The maximum absolute atomic E-state index is 12.1. The van der Waals surface area contributed by atoms with Gasteiger partial charge >= 0.3 is 0 Å². The Balaban J connectivity index is 1.59. The summed E-state index contributed by atoms with van der Waals surface area (Å²) in [5.41, 5.74) is 4.61. The van der Waals surface area contributed by atoms with E-state index < -0.39 is 10.8 Å². The molecule has 2 aromatic carbocycles. The molecule has 0 aliphatic heterocycles. The summed E-state index contributed by atoms with van der Waals surface area (Å²) in [6, 6.07) is 14.9. The second kappa shape index (κ2) is 9.09. The standard InChI is InChI=1S/C20H17N5O4/c1-29-19-7-3-2-5-15(19)6-4-12-21-24-20(26)18-13-17(22-23-18)14-8-10-16(11-9-14)25(27)28/h2-13H,1H3,(H,22,23)(H,24,26). The van der Waals surface area contributed by atoms with E-state index in [2.05, 4.69) is 20.7 Å². The maximum Gasteiger partial charge on any atom is 0.289 e. The molecule has 1 amide bonds. The summed E-state index contributed by atoms with van der Waals surface area (Å²) < 4.78 is 5.25. The van der Waals surface area contributed by atoms with Crippen molar-refractivity contribution in [2.45, 2.75) is 0 Å². The molecular formula is C20H17N5O4. The first-order valence-electron chi connectivity index (χ1n) is 8.52. The van der Waals surface area contributed by atoms with Crippen molar-refractivity contribution in [2.75, 3.05) is 7.11 Å². The van der Waals surface area contributed by atoms with Gasteiger partial charge < -0.3 is 4.74 Å². The number of para-hydroxylation sites is 1. The molecule has 1 aromatic heterocycles. The monoisotopic (exact) mass is 391 g/mol. The summed E-state index contributed by atoms with van der Waals surface area (Å²) in [4.78, 5) is 22.4. The lowest BCUT2D eigenvalue weighted by Crippen LogP contribution is -2.17. The number of hydrazone groups is 1. The first-order valence-corrected chi connectivity index (χ1v) is 8.52. The first-order chi connectivity index (χ1) is 14.1. The van der Waals surface area contributed by atoms with Crippen molar-refractivity contribution in [3.63, 3.8) is 0 Å². The van der Waals surface area contributed by atoms with Crippen molar-refractivity contribution in [2.24, 2.45) is 5.10 Å². The Morgan fingerprint density at radius 2 is 2.00 bits per heavy atom. The van der Waals surface area contributed by atoms with Crippen LogP contribution in [0.25, 0.3) is 17.3 Å². The number of benzene rings is 2. The molecule has 0 fully saturated rings. The van der Waals surface area contributed by atoms with Gasteiger partial charge in [-0.05, 0) is 36.4 Å². The number of amides is 1. The second-order valence-electron chi connectivity index (χ2n) is 5.79. The number of methoxy groups -OCH3 is 1. The van der Waals surface area contributed by atoms with Crippen LogP contribution in [0.15, 0.2) is 65.8 Å². The summed E-state index contributed by atoms with van der Waals surface area (Å²) >= 11 is 0. The van der Waals surface area contributed by atoms with Crippen molar-refractivity contribution >= 4 is 23.9 Å². The van der Waals surface area contributed by atoms with Gasteiger partial charge in [0.15, 0.2) is 0 Å². The van der Waals surface area contributed by atoms with Crippen LogP contribution >= 0.6 is 0 Å². The molecule has 0 radical (unpaired) electrons.